The van der Waals surface area contributed by atoms with Crippen molar-refractivity contribution in [2.24, 2.45) is 0 Å². The third kappa shape index (κ3) is 3.71. The monoisotopic (exact) mass is 268 g/mol. The molecule has 0 saturated heterocycles. The van der Waals surface area contributed by atoms with E-state index in [0.29, 0.717) is 13.1 Å². The van der Waals surface area contributed by atoms with Crippen molar-refractivity contribution in [2.75, 3.05) is 30.4 Å². The van der Waals surface area contributed by atoms with Crippen LogP contribution < -0.4 is 10.6 Å². The average Bonchev–Trinajstić information content (AvgIpc) is 2.33. The Morgan fingerprint density at radius 2 is 2.22 bits per heavy atom. The quantitative estimate of drug-likeness (QED) is 0.787. The Morgan fingerprint density at radius 1 is 1.39 bits per heavy atom. The summed E-state index contributed by atoms with van der Waals surface area (Å²) < 4.78 is 22.0. The first kappa shape index (κ1) is 13.4. The molecule has 1 heterocycles. The largest absolute Gasteiger partial charge is 0.385 e. The van der Waals surface area contributed by atoms with E-state index in [4.69, 9.17) is 0 Å². The van der Waals surface area contributed by atoms with Gasteiger partial charge in [0.25, 0.3) is 0 Å². The van der Waals surface area contributed by atoms with Gasteiger partial charge in [-0.25, -0.2) is 8.42 Å². The molecule has 1 aliphatic heterocycles. The molecule has 0 amide bonds. The van der Waals surface area contributed by atoms with Gasteiger partial charge in [0.2, 0.25) is 0 Å². The summed E-state index contributed by atoms with van der Waals surface area (Å²) in [5.41, 5.74) is 3.82. The fourth-order valence-corrected chi connectivity index (χ4v) is 2.72. The lowest BCUT2D eigenvalue weighted by Gasteiger charge is -2.21. The Bertz CT molecular complexity index is 512. The van der Waals surface area contributed by atoms with Crippen molar-refractivity contribution < 1.29 is 8.42 Å². The van der Waals surface area contributed by atoms with Crippen molar-refractivity contribution in [2.45, 2.75) is 19.4 Å². The normalized spacial score (nSPS) is 14.9. The van der Waals surface area contributed by atoms with Gasteiger partial charge in [-0.3, -0.25) is 0 Å². The first-order valence-electron chi connectivity index (χ1n) is 6.29. The molecule has 5 heteroatoms. The zero-order valence-corrected chi connectivity index (χ0v) is 11.5. The van der Waals surface area contributed by atoms with E-state index >= 15 is 0 Å². The fourth-order valence-electron chi connectivity index (χ4n) is 2.21. The summed E-state index contributed by atoms with van der Waals surface area (Å²) >= 11 is 0. The van der Waals surface area contributed by atoms with E-state index in [0.717, 1.165) is 13.0 Å². The predicted octanol–water partition coefficient (Wildman–Crippen LogP) is 1.18. The molecule has 0 aromatic heterocycles. The number of para-hydroxylation sites is 1. The molecule has 1 aliphatic rings. The molecule has 2 N–H and O–H groups in total. The van der Waals surface area contributed by atoms with Crippen molar-refractivity contribution >= 4 is 15.5 Å². The maximum atomic E-state index is 11.0. The number of aryl methyl sites for hydroxylation is 1. The summed E-state index contributed by atoms with van der Waals surface area (Å²) in [5, 5.41) is 6.62. The Hall–Kier alpha value is -1.07. The molecule has 4 nitrogen and oxygen atoms in total. The summed E-state index contributed by atoms with van der Waals surface area (Å²) in [7, 11) is -2.87. The van der Waals surface area contributed by atoms with Crippen LogP contribution in [0.1, 0.15) is 17.5 Å². The lowest BCUT2D eigenvalue weighted by atomic mass is 9.99. The smallest absolute Gasteiger partial charge is 0.148 e. The zero-order valence-electron chi connectivity index (χ0n) is 10.7. The van der Waals surface area contributed by atoms with E-state index in [-0.39, 0.29) is 5.75 Å². The molecule has 0 spiro atoms. The van der Waals surface area contributed by atoms with E-state index in [1.165, 1.54) is 29.5 Å². The molecule has 1 aromatic carbocycles. The second kappa shape index (κ2) is 5.71. The van der Waals surface area contributed by atoms with E-state index in [1.54, 1.807) is 0 Å². The highest BCUT2D eigenvalue weighted by Crippen LogP contribution is 2.25. The average molecular weight is 268 g/mol. The molecule has 1 aromatic rings. The summed E-state index contributed by atoms with van der Waals surface area (Å²) in [6.45, 7) is 2.24. The van der Waals surface area contributed by atoms with E-state index in [1.807, 2.05) is 0 Å². The number of rotatable bonds is 5. The number of hydrogen-bond acceptors (Lipinski definition) is 4. The van der Waals surface area contributed by atoms with Gasteiger partial charge in [-0.15, -0.1) is 0 Å². The molecule has 0 atom stereocenters. The highest BCUT2D eigenvalue weighted by atomic mass is 32.2. The summed E-state index contributed by atoms with van der Waals surface area (Å²) in [5.74, 6) is 0.190. The molecular formula is C13H20N2O2S. The van der Waals surface area contributed by atoms with Gasteiger partial charge in [-0.1, -0.05) is 18.2 Å². The van der Waals surface area contributed by atoms with Gasteiger partial charge >= 0.3 is 0 Å². The van der Waals surface area contributed by atoms with Crippen LogP contribution >= 0.6 is 0 Å². The van der Waals surface area contributed by atoms with Crippen LogP contribution in [0.15, 0.2) is 18.2 Å². The number of benzene rings is 1. The zero-order chi connectivity index (χ0) is 13.0. The molecule has 0 saturated carbocycles. The molecule has 0 unspecified atom stereocenters. The number of hydrogen-bond donors (Lipinski definition) is 2. The third-order valence-electron chi connectivity index (χ3n) is 3.13. The van der Waals surface area contributed by atoms with Crippen LogP contribution in [0.2, 0.25) is 0 Å². The van der Waals surface area contributed by atoms with Crippen LogP contribution in [0.25, 0.3) is 0 Å². The number of sulfone groups is 1. The SMILES string of the molecule is CS(=O)(=O)CCNCc1cccc2c1NCCC2. The minimum atomic E-state index is -2.87. The summed E-state index contributed by atoms with van der Waals surface area (Å²) in [4.78, 5) is 0. The lowest BCUT2D eigenvalue weighted by Crippen LogP contribution is -2.23. The number of fused-ring (bicyclic) bond motifs is 1. The van der Waals surface area contributed by atoms with Crippen LogP contribution in [-0.2, 0) is 22.8 Å². The maximum Gasteiger partial charge on any atom is 0.148 e. The number of anilines is 1. The summed E-state index contributed by atoms with van der Waals surface area (Å²) in [6, 6.07) is 6.31. The molecule has 0 aliphatic carbocycles. The standard InChI is InChI=1S/C13H20N2O2S/c1-18(16,17)9-8-14-10-12-5-2-4-11-6-3-7-15-13(11)12/h2,4-5,14-15H,3,6-10H2,1H3. The minimum absolute atomic E-state index is 0.190. The van der Waals surface area contributed by atoms with Gasteiger partial charge < -0.3 is 10.6 Å². The molecule has 18 heavy (non-hydrogen) atoms. The second-order valence-electron chi connectivity index (χ2n) is 4.79. The van der Waals surface area contributed by atoms with E-state index in [2.05, 4.69) is 28.8 Å². The Labute approximate surface area is 109 Å². The maximum absolute atomic E-state index is 11.0. The van der Waals surface area contributed by atoms with E-state index in [9.17, 15) is 8.42 Å². The number of nitrogens with one attached hydrogen (secondary N) is 2. The first-order chi connectivity index (χ1) is 8.56. The lowest BCUT2D eigenvalue weighted by molar-refractivity contribution is 0.596. The topological polar surface area (TPSA) is 58.2 Å². The van der Waals surface area contributed by atoms with Gasteiger partial charge in [0.1, 0.15) is 9.84 Å². The van der Waals surface area contributed by atoms with Crippen molar-refractivity contribution in [3.05, 3.63) is 29.3 Å². The highest BCUT2D eigenvalue weighted by molar-refractivity contribution is 7.90. The van der Waals surface area contributed by atoms with Crippen LogP contribution in [0, 0.1) is 0 Å². The van der Waals surface area contributed by atoms with Crippen LogP contribution in [-0.4, -0.2) is 33.5 Å². The molecule has 2 rings (SSSR count). The molecule has 0 fully saturated rings. The van der Waals surface area contributed by atoms with Crippen molar-refractivity contribution in [1.29, 1.82) is 0 Å². The Kier molecular flexibility index (Phi) is 4.24. The van der Waals surface area contributed by atoms with Gasteiger partial charge in [-0.2, -0.15) is 0 Å². The van der Waals surface area contributed by atoms with Crippen molar-refractivity contribution in [1.82, 2.24) is 5.32 Å². The highest BCUT2D eigenvalue weighted by Gasteiger charge is 2.11. The van der Waals surface area contributed by atoms with E-state index < -0.39 is 9.84 Å². The molecule has 0 bridgehead atoms. The van der Waals surface area contributed by atoms with Gasteiger partial charge in [-0.05, 0) is 24.0 Å². The van der Waals surface area contributed by atoms with Crippen LogP contribution in [0.5, 0.6) is 0 Å². The minimum Gasteiger partial charge on any atom is -0.385 e. The second-order valence-corrected chi connectivity index (χ2v) is 7.05. The van der Waals surface area contributed by atoms with Gasteiger partial charge in [0.15, 0.2) is 0 Å². The van der Waals surface area contributed by atoms with Crippen molar-refractivity contribution in [3.63, 3.8) is 0 Å². The molecule has 0 radical (unpaired) electrons. The molecule has 100 valence electrons. The molecular weight excluding hydrogens is 248 g/mol. The summed E-state index contributed by atoms with van der Waals surface area (Å²) in [6.07, 6.45) is 3.57. The van der Waals surface area contributed by atoms with Crippen LogP contribution in [0.4, 0.5) is 5.69 Å². The van der Waals surface area contributed by atoms with Crippen molar-refractivity contribution in [3.8, 4) is 0 Å². The van der Waals surface area contributed by atoms with Gasteiger partial charge in [0, 0.05) is 31.6 Å². The third-order valence-corrected chi connectivity index (χ3v) is 4.07. The van der Waals surface area contributed by atoms with Gasteiger partial charge in [0.05, 0.1) is 5.75 Å². The first-order valence-corrected chi connectivity index (χ1v) is 8.35. The predicted molar refractivity (Wildman–Crippen MR) is 74.7 cm³/mol. The van der Waals surface area contributed by atoms with Crippen LogP contribution in [0.3, 0.4) is 0 Å². The Balaban J connectivity index is 1.93. The Morgan fingerprint density at radius 3 is 3.00 bits per heavy atom. The fraction of sp³-hybridized carbons (Fsp3) is 0.538.